The zero-order chi connectivity index (χ0) is 9.36. The maximum atomic E-state index is 2.21. The molecule has 0 saturated heterocycles. The van der Waals surface area contributed by atoms with Crippen LogP contribution in [0.5, 0.6) is 0 Å². The molecule has 0 spiro atoms. The Balaban J connectivity index is 0.000000246. The Labute approximate surface area is 113 Å². The molecule has 2 saturated carbocycles. The quantitative estimate of drug-likeness (QED) is 0.508. The number of rotatable bonds is 1. The summed E-state index contributed by atoms with van der Waals surface area (Å²) in [6.45, 7) is 0. The molecule has 0 amide bonds. The molecular weight excluding hydrogens is 327 g/mol. The van der Waals surface area contributed by atoms with E-state index in [0.29, 0.717) is 0 Å². The van der Waals surface area contributed by atoms with Gasteiger partial charge in [-0.2, -0.15) is 0 Å². The molecule has 0 nitrogen and oxygen atoms in total. The molecule has 2 aliphatic carbocycles. The molecule has 0 aromatic heterocycles. The molecule has 0 N–H and O–H groups in total. The average molecular weight is 338 g/mol. The van der Waals surface area contributed by atoms with E-state index in [-0.39, 0.29) is 17.1 Å². The predicted octanol–water partition coefficient (Wildman–Crippen LogP) is 3.36. The maximum absolute atomic E-state index is 2.21. The van der Waals surface area contributed by atoms with Crippen molar-refractivity contribution in [3.8, 4) is 0 Å². The number of hydrogen-bond acceptors (Lipinski definition) is 0. The molecule has 0 heterocycles. The summed E-state index contributed by atoms with van der Waals surface area (Å²) < 4.78 is 2.01. The van der Waals surface area contributed by atoms with Crippen LogP contribution in [0.3, 0.4) is 0 Å². The minimum absolute atomic E-state index is 0. The van der Waals surface area contributed by atoms with Crippen LogP contribution in [0.1, 0.15) is 0 Å². The maximum Gasteiger partial charge on any atom is 2.00 e. The molecule has 0 unspecified atom stereocenters. The van der Waals surface area contributed by atoms with Crippen molar-refractivity contribution in [2.24, 2.45) is 0 Å². The summed E-state index contributed by atoms with van der Waals surface area (Å²) in [4.78, 5) is 0. The topological polar surface area (TPSA) is 0 Å². The van der Waals surface area contributed by atoms with E-state index in [1.807, 2.05) is 49.0 Å². The van der Waals surface area contributed by atoms with Gasteiger partial charge in [0, 0.05) is 5.92 Å². The first-order valence-corrected chi connectivity index (χ1v) is 5.33. The van der Waals surface area contributed by atoms with Gasteiger partial charge in [0.25, 0.3) is 0 Å². The molecule has 2 rings (SSSR count). The smallest absolute Gasteiger partial charge is 0.0707 e. The predicted molar refractivity (Wildman–Crippen MR) is 65.1 cm³/mol. The van der Waals surface area contributed by atoms with Crippen molar-refractivity contribution in [2.75, 3.05) is 0 Å². The Morgan fingerprint density at radius 1 is 0.786 bits per heavy atom. The standard InChI is InChI=1S/C7H6I.C5H5.Fe/c8-6-5-7-3-1-2-4-7;1-2-4-5-3-1;/h1-6H;1-5H;/q;;+2/b6-5+;;. The third-order valence-corrected chi connectivity index (χ3v) is 1.86. The SMILES string of the molecule is I/C=C/[C]1[CH][CH][CH][CH]1.[CH]1[CH][CH][CH][CH]1.[Fe+2]. The van der Waals surface area contributed by atoms with Crippen LogP contribution < -0.4 is 0 Å². The second-order valence-electron chi connectivity index (χ2n) is 2.47. The number of hydrogen-bond donors (Lipinski definition) is 0. The largest absolute Gasteiger partial charge is 2.00 e. The fraction of sp³-hybridized carbons (Fsp3) is 0. The van der Waals surface area contributed by atoms with Gasteiger partial charge >= 0.3 is 17.1 Å². The van der Waals surface area contributed by atoms with Gasteiger partial charge in [-0.25, -0.2) is 0 Å². The first-order chi connectivity index (χ1) is 6.43. The van der Waals surface area contributed by atoms with Crippen molar-refractivity contribution in [3.63, 3.8) is 0 Å². The fourth-order valence-corrected chi connectivity index (χ4v) is 1.31. The molecule has 0 aromatic carbocycles. The molecule has 0 aromatic rings. The summed E-state index contributed by atoms with van der Waals surface area (Å²) >= 11 is 2.21. The van der Waals surface area contributed by atoms with Crippen LogP contribution in [-0.2, 0) is 17.1 Å². The zero-order valence-corrected chi connectivity index (χ0v) is 10.8. The van der Waals surface area contributed by atoms with Crippen LogP contribution in [0.25, 0.3) is 0 Å². The van der Waals surface area contributed by atoms with Gasteiger partial charge in [0.15, 0.2) is 0 Å². The Kier molecular flexibility index (Phi) is 11.2. The zero-order valence-electron chi connectivity index (χ0n) is 7.58. The van der Waals surface area contributed by atoms with Crippen LogP contribution >= 0.6 is 22.6 Å². The van der Waals surface area contributed by atoms with Crippen LogP contribution in [0.4, 0.5) is 0 Å². The van der Waals surface area contributed by atoms with Crippen LogP contribution in [0.2, 0.25) is 0 Å². The van der Waals surface area contributed by atoms with E-state index in [9.17, 15) is 0 Å². The van der Waals surface area contributed by atoms with E-state index in [4.69, 9.17) is 0 Å². The Hall–Kier alpha value is 0.989. The van der Waals surface area contributed by atoms with Crippen molar-refractivity contribution >= 4 is 22.6 Å². The molecule has 14 heavy (non-hydrogen) atoms. The van der Waals surface area contributed by atoms with Gasteiger partial charge < -0.3 is 0 Å². The van der Waals surface area contributed by atoms with Gasteiger partial charge in [-0.3, -0.25) is 0 Å². The van der Waals surface area contributed by atoms with Gasteiger partial charge in [0.1, 0.15) is 0 Å². The molecule has 72 valence electrons. The van der Waals surface area contributed by atoms with Gasteiger partial charge in [0.2, 0.25) is 0 Å². The van der Waals surface area contributed by atoms with Crippen molar-refractivity contribution in [2.45, 2.75) is 0 Å². The molecule has 2 aliphatic rings. The normalized spacial score (nSPS) is 21.8. The molecule has 10 radical (unpaired) electrons. The fourth-order valence-electron chi connectivity index (χ4n) is 0.893. The first-order valence-electron chi connectivity index (χ1n) is 4.08. The third kappa shape index (κ3) is 7.30. The van der Waals surface area contributed by atoms with E-state index in [1.165, 1.54) is 5.92 Å². The van der Waals surface area contributed by atoms with Gasteiger partial charge in [0.05, 0.1) is 0 Å². The second kappa shape index (κ2) is 10.5. The molecule has 0 aliphatic heterocycles. The number of halogens is 1. The summed E-state index contributed by atoms with van der Waals surface area (Å²) in [5, 5.41) is 0. The van der Waals surface area contributed by atoms with Crippen molar-refractivity contribution in [1.29, 1.82) is 0 Å². The number of allylic oxidation sites excluding steroid dienone is 1. The van der Waals surface area contributed by atoms with Crippen LogP contribution in [0, 0.1) is 63.7 Å². The minimum Gasteiger partial charge on any atom is -0.0707 e. The van der Waals surface area contributed by atoms with E-state index >= 15 is 0 Å². The van der Waals surface area contributed by atoms with Crippen molar-refractivity contribution in [3.05, 3.63) is 73.9 Å². The van der Waals surface area contributed by atoms with E-state index in [0.717, 1.165) is 0 Å². The first kappa shape index (κ1) is 15.0. The molecule has 0 bridgehead atoms. The molecule has 2 heteroatoms. The van der Waals surface area contributed by atoms with Crippen LogP contribution in [-0.4, -0.2) is 0 Å². The summed E-state index contributed by atoms with van der Waals surface area (Å²) in [7, 11) is 0. The third-order valence-electron chi connectivity index (χ3n) is 1.50. The monoisotopic (exact) mass is 338 g/mol. The average Bonchev–Trinajstić information content (AvgIpc) is 2.79. The molecule has 0 atom stereocenters. The summed E-state index contributed by atoms with van der Waals surface area (Å²) in [5.74, 6) is 1.28. The van der Waals surface area contributed by atoms with Crippen molar-refractivity contribution < 1.29 is 17.1 Å². The second-order valence-corrected chi connectivity index (χ2v) is 3.19. The van der Waals surface area contributed by atoms with Gasteiger partial charge in [-0.05, 0) is 61.9 Å². The Morgan fingerprint density at radius 2 is 1.21 bits per heavy atom. The minimum atomic E-state index is 0. The van der Waals surface area contributed by atoms with E-state index in [1.54, 1.807) is 0 Å². The Bertz CT molecular complexity index is 128. The summed E-state index contributed by atoms with van der Waals surface area (Å²) in [5.41, 5.74) is 0. The summed E-state index contributed by atoms with van der Waals surface area (Å²) in [6, 6.07) is 0. The Morgan fingerprint density at radius 3 is 1.57 bits per heavy atom. The van der Waals surface area contributed by atoms with Crippen molar-refractivity contribution in [1.82, 2.24) is 0 Å². The van der Waals surface area contributed by atoms with E-state index in [2.05, 4.69) is 41.5 Å². The molecular formula is C12H11FeI+2. The van der Waals surface area contributed by atoms with Crippen LogP contribution in [0.15, 0.2) is 10.2 Å². The van der Waals surface area contributed by atoms with E-state index < -0.39 is 0 Å². The van der Waals surface area contributed by atoms with Gasteiger partial charge in [-0.15, -0.1) is 0 Å². The van der Waals surface area contributed by atoms with Gasteiger partial charge in [-0.1, -0.05) is 28.7 Å². The molecule has 2 fully saturated rings. The summed E-state index contributed by atoms with van der Waals surface area (Å²) in [6.07, 6.45) is 20.3.